The normalized spacial score (nSPS) is 10.9. The lowest BCUT2D eigenvalue weighted by molar-refractivity contribution is 0.392. The molecule has 4 nitrogen and oxygen atoms in total. The predicted molar refractivity (Wildman–Crippen MR) is 60.1 cm³/mol. The van der Waals surface area contributed by atoms with Crippen molar-refractivity contribution in [3.8, 4) is 0 Å². The molecule has 0 amide bonds. The molecule has 0 spiro atoms. The molecule has 0 saturated carbocycles. The van der Waals surface area contributed by atoms with Crippen LogP contribution >= 0.6 is 0 Å². The Kier molecular flexibility index (Phi) is 3.41. The molecule has 2 aromatic rings. The van der Waals surface area contributed by atoms with E-state index in [1.54, 1.807) is 12.5 Å². The molecular weight excluding hydrogens is 204 g/mol. The smallest absolute Gasteiger partial charge is 0.137 e. The van der Waals surface area contributed by atoms with Crippen LogP contribution in [-0.2, 0) is 13.0 Å². The first-order chi connectivity index (χ1) is 7.77. The maximum atomic E-state index is 5.11. The maximum absolute atomic E-state index is 5.11. The van der Waals surface area contributed by atoms with E-state index in [4.69, 9.17) is 8.94 Å². The zero-order chi connectivity index (χ0) is 11.4. The highest BCUT2D eigenvalue weighted by atomic mass is 16.5. The van der Waals surface area contributed by atoms with E-state index >= 15 is 0 Å². The Hall–Kier alpha value is -1.55. The molecule has 0 unspecified atom stereocenters. The second kappa shape index (κ2) is 4.99. The highest BCUT2D eigenvalue weighted by molar-refractivity contribution is 5.21. The van der Waals surface area contributed by atoms with Gasteiger partial charge in [-0.15, -0.1) is 0 Å². The number of nitrogens with one attached hydrogen (secondary N) is 1. The molecule has 0 radical (unpaired) electrons. The van der Waals surface area contributed by atoms with Gasteiger partial charge >= 0.3 is 0 Å². The van der Waals surface area contributed by atoms with Crippen molar-refractivity contribution in [1.29, 1.82) is 0 Å². The summed E-state index contributed by atoms with van der Waals surface area (Å²) in [4.78, 5) is 0. The van der Waals surface area contributed by atoms with Gasteiger partial charge in [0.15, 0.2) is 0 Å². The lowest BCUT2D eigenvalue weighted by Gasteiger charge is -2.02. The van der Waals surface area contributed by atoms with Crippen LogP contribution in [0, 0.1) is 13.8 Å². The van der Waals surface area contributed by atoms with Crippen molar-refractivity contribution in [3.05, 3.63) is 41.2 Å². The quantitative estimate of drug-likeness (QED) is 0.785. The van der Waals surface area contributed by atoms with Crippen LogP contribution in [0.3, 0.4) is 0 Å². The summed E-state index contributed by atoms with van der Waals surface area (Å²) in [6.45, 7) is 5.67. The predicted octanol–water partition coefficient (Wildman–Crippen LogP) is 2.22. The Balaban J connectivity index is 1.76. The molecule has 2 heterocycles. The largest absolute Gasteiger partial charge is 0.472 e. The average Bonchev–Trinajstić information content (AvgIpc) is 2.87. The van der Waals surface area contributed by atoms with Gasteiger partial charge in [-0.3, -0.25) is 0 Å². The van der Waals surface area contributed by atoms with Gasteiger partial charge in [0.25, 0.3) is 0 Å². The molecule has 2 aromatic heterocycles. The fourth-order valence-electron chi connectivity index (χ4n) is 1.70. The van der Waals surface area contributed by atoms with Crippen LogP contribution in [0.5, 0.6) is 0 Å². The molecule has 0 aromatic carbocycles. The second-order valence-corrected chi connectivity index (χ2v) is 3.86. The van der Waals surface area contributed by atoms with Crippen LogP contribution in [0.4, 0.5) is 0 Å². The molecule has 1 N–H and O–H groups in total. The van der Waals surface area contributed by atoms with Crippen molar-refractivity contribution in [2.24, 2.45) is 0 Å². The van der Waals surface area contributed by atoms with Crippen molar-refractivity contribution < 1.29 is 8.94 Å². The standard InChI is InChI=1S/C12H16N2O2/c1-9-12(10(2)16-14-9)3-5-13-7-11-4-6-15-8-11/h4,6,8,13H,3,5,7H2,1-2H3. The van der Waals surface area contributed by atoms with E-state index in [9.17, 15) is 0 Å². The minimum absolute atomic E-state index is 0.833. The zero-order valence-electron chi connectivity index (χ0n) is 9.62. The third kappa shape index (κ3) is 2.52. The molecule has 0 bridgehead atoms. The third-order valence-corrected chi connectivity index (χ3v) is 2.64. The van der Waals surface area contributed by atoms with E-state index in [1.165, 1.54) is 11.1 Å². The minimum atomic E-state index is 0.833. The topological polar surface area (TPSA) is 51.2 Å². The fourth-order valence-corrected chi connectivity index (χ4v) is 1.70. The monoisotopic (exact) mass is 220 g/mol. The van der Waals surface area contributed by atoms with Crippen LogP contribution in [0.25, 0.3) is 0 Å². The number of furan rings is 1. The first-order valence-electron chi connectivity index (χ1n) is 5.41. The minimum Gasteiger partial charge on any atom is -0.472 e. The van der Waals surface area contributed by atoms with Crippen LogP contribution in [-0.4, -0.2) is 11.7 Å². The van der Waals surface area contributed by atoms with Crippen molar-refractivity contribution in [3.63, 3.8) is 0 Å². The van der Waals surface area contributed by atoms with Gasteiger partial charge in [-0.05, 0) is 32.9 Å². The Bertz CT molecular complexity index is 412. The summed E-state index contributed by atoms with van der Waals surface area (Å²) in [6, 6.07) is 1.96. The van der Waals surface area contributed by atoms with Gasteiger partial charge in [-0.2, -0.15) is 0 Å². The number of hydrogen-bond donors (Lipinski definition) is 1. The van der Waals surface area contributed by atoms with Gasteiger partial charge < -0.3 is 14.3 Å². The molecule has 16 heavy (non-hydrogen) atoms. The molecule has 0 fully saturated rings. The average molecular weight is 220 g/mol. The van der Waals surface area contributed by atoms with E-state index in [0.29, 0.717) is 0 Å². The summed E-state index contributed by atoms with van der Waals surface area (Å²) in [5, 5.41) is 7.28. The number of aromatic nitrogens is 1. The van der Waals surface area contributed by atoms with Gasteiger partial charge in [-0.25, -0.2) is 0 Å². The molecule has 2 rings (SSSR count). The highest BCUT2D eigenvalue weighted by Crippen LogP contribution is 2.12. The Morgan fingerprint density at radius 2 is 2.25 bits per heavy atom. The summed E-state index contributed by atoms with van der Waals surface area (Å²) in [5.74, 6) is 0.919. The highest BCUT2D eigenvalue weighted by Gasteiger charge is 2.07. The van der Waals surface area contributed by atoms with Gasteiger partial charge in [0, 0.05) is 17.7 Å². The van der Waals surface area contributed by atoms with Gasteiger partial charge in [0.05, 0.1) is 18.2 Å². The molecular formula is C12H16N2O2. The molecule has 0 aliphatic heterocycles. The number of aryl methyl sites for hydroxylation is 2. The first kappa shape index (κ1) is 11.0. The van der Waals surface area contributed by atoms with E-state index < -0.39 is 0 Å². The van der Waals surface area contributed by atoms with Crippen molar-refractivity contribution in [1.82, 2.24) is 10.5 Å². The third-order valence-electron chi connectivity index (χ3n) is 2.64. The van der Waals surface area contributed by atoms with Crippen molar-refractivity contribution in [2.75, 3.05) is 6.54 Å². The summed E-state index contributed by atoms with van der Waals surface area (Å²) in [6.07, 6.45) is 4.38. The van der Waals surface area contributed by atoms with E-state index in [1.807, 2.05) is 19.9 Å². The van der Waals surface area contributed by atoms with Crippen molar-refractivity contribution >= 4 is 0 Å². The number of nitrogens with zero attached hydrogens (tertiary/aromatic N) is 1. The second-order valence-electron chi connectivity index (χ2n) is 3.86. The van der Waals surface area contributed by atoms with Crippen molar-refractivity contribution in [2.45, 2.75) is 26.8 Å². The van der Waals surface area contributed by atoms with Crippen LogP contribution in [0.2, 0.25) is 0 Å². The first-order valence-corrected chi connectivity index (χ1v) is 5.41. The molecule has 0 atom stereocenters. The molecule has 4 heteroatoms. The van der Waals surface area contributed by atoms with E-state index in [0.717, 1.165) is 31.0 Å². The van der Waals surface area contributed by atoms with Gasteiger partial charge in [-0.1, -0.05) is 5.16 Å². The molecule has 86 valence electrons. The summed E-state index contributed by atoms with van der Waals surface area (Å²) in [5.41, 5.74) is 3.36. The number of rotatable bonds is 5. The molecule has 0 saturated heterocycles. The Morgan fingerprint density at radius 3 is 2.88 bits per heavy atom. The SMILES string of the molecule is Cc1noc(C)c1CCNCc1ccoc1. The van der Waals surface area contributed by atoms with Crippen LogP contribution in [0.1, 0.15) is 22.6 Å². The number of hydrogen-bond acceptors (Lipinski definition) is 4. The fraction of sp³-hybridized carbons (Fsp3) is 0.417. The Labute approximate surface area is 94.6 Å². The zero-order valence-corrected chi connectivity index (χ0v) is 9.62. The summed E-state index contributed by atoms with van der Waals surface area (Å²) >= 11 is 0. The molecule has 0 aliphatic rings. The lowest BCUT2D eigenvalue weighted by Crippen LogP contribution is -2.16. The summed E-state index contributed by atoms with van der Waals surface area (Å²) in [7, 11) is 0. The van der Waals surface area contributed by atoms with Crippen LogP contribution in [0.15, 0.2) is 27.5 Å². The maximum Gasteiger partial charge on any atom is 0.137 e. The van der Waals surface area contributed by atoms with Gasteiger partial charge in [0.2, 0.25) is 0 Å². The Morgan fingerprint density at radius 1 is 1.38 bits per heavy atom. The summed E-state index contributed by atoms with van der Waals surface area (Å²) < 4.78 is 10.1. The van der Waals surface area contributed by atoms with Crippen LogP contribution < -0.4 is 5.32 Å². The molecule has 0 aliphatic carbocycles. The van der Waals surface area contributed by atoms with Gasteiger partial charge in [0.1, 0.15) is 5.76 Å². The lowest BCUT2D eigenvalue weighted by atomic mass is 10.1. The van der Waals surface area contributed by atoms with E-state index in [2.05, 4.69) is 10.5 Å². The van der Waals surface area contributed by atoms with E-state index in [-0.39, 0.29) is 0 Å².